The highest BCUT2D eigenvalue weighted by Gasteiger charge is 2.09. The van der Waals surface area contributed by atoms with E-state index in [1.165, 1.54) is 0 Å². The van der Waals surface area contributed by atoms with Gasteiger partial charge >= 0.3 is 0 Å². The number of nitrogens with one attached hydrogen (secondary N) is 1. The van der Waals surface area contributed by atoms with Crippen molar-refractivity contribution in [2.45, 2.75) is 0 Å². The van der Waals surface area contributed by atoms with E-state index in [1.807, 2.05) is 36.4 Å². The molecule has 2 nitrogen and oxygen atoms in total. The van der Waals surface area contributed by atoms with Crippen LogP contribution in [0, 0.1) is 0 Å². The zero-order chi connectivity index (χ0) is 13.1. The molecule has 0 radical (unpaired) electrons. The van der Waals surface area contributed by atoms with Gasteiger partial charge in [0.2, 0.25) is 0 Å². The Morgan fingerprint density at radius 1 is 0.889 bits per heavy atom. The Hall–Kier alpha value is -0.650. The predicted octanol–water partition coefficient (Wildman–Crippen LogP) is 5.23. The van der Waals surface area contributed by atoms with E-state index in [-0.39, 0.29) is 5.91 Å². The molecular weight excluding hydrogens is 426 g/mol. The number of benzene rings is 2. The van der Waals surface area contributed by atoms with Crippen molar-refractivity contribution >= 4 is 59.4 Å². The Morgan fingerprint density at radius 2 is 1.61 bits per heavy atom. The topological polar surface area (TPSA) is 29.1 Å². The zero-order valence-corrected chi connectivity index (χ0v) is 13.8. The van der Waals surface area contributed by atoms with Gasteiger partial charge in [0.25, 0.3) is 5.91 Å². The molecule has 0 unspecified atom stereocenters. The molecule has 2 aromatic carbocycles. The van der Waals surface area contributed by atoms with E-state index in [9.17, 15) is 4.79 Å². The summed E-state index contributed by atoms with van der Waals surface area (Å²) in [5.41, 5.74) is 1.35. The van der Waals surface area contributed by atoms with E-state index in [0.717, 1.165) is 19.1 Å². The number of amides is 1. The highest BCUT2D eigenvalue weighted by Crippen LogP contribution is 2.26. The van der Waals surface area contributed by atoms with Crippen LogP contribution in [0.3, 0.4) is 0 Å². The quantitative estimate of drug-likeness (QED) is 0.690. The summed E-state index contributed by atoms with van der Waals surface area (Å²) in [6.07, 6.45) is 0. The first-order valence-electron chi connectivity index (χ1n) is 5.09. The minimum Gasteiger partial charge on any atom is -0.322 e. The standard InChI is InChI=1S/C13H8Br3NO/c14-10-4-2-1-3-9(10)13(18)17-8-5-6-11(15)12(16)7-8/h1-7H,(H,17,18). The minimum atomic E-state index is -0.142. The lowest BCUT2D eigenvalue weighted by molar-refractivity contribution is 0.102. The van der Waals surface area contributed by atoms with Crippen molar-refractivity contribution in [3.63, 3.8) is 0 Å². The van der Waals surface area contributed by atoms with Crippen molar-refractivity contribution in [3.8, 4) is 0 Å². The van der Waals surface area contributed by atoms with Gasteiger partial charge in [-0.1, -0.05) is 12.1 Å². The van der Waals surface area contributed by atoms with Crippen molar-refractivity contribution in [1.82, 2.24) is 0 Å². The molecule has 18 heavy (non-hydrogen) atoms. The summed E-state index contributed by atoms with van der Waals surface area (Å²) in [6, 6.07) is 12.9. The van der Waals surface area contributed by atoms with Gasteiger partial charge < -0.3 is 5.32 Å². The van der Waals surface area contributed by atoms with Crippen LogP contribution in [0.25, 0.3) is 0 Å². The largest absolute Gasteiger partial charge is 0.322 e. The lowest BCUT2D eigenvalue weighted by Crippen LogP contribution is -2.12. The Kier molecular flexibility index (Phi) is 4.59. The molecule has 92 valence electrons. The van der Waals surface area contributed by atoms with E-state index in [1.54, 1.807) is 6.07 Å². The fourth-order valence-corrected chi connectivity index (χ4v) is 2.51. The molecular formula is C13H8Br3NO. The van der Waals surface area contributed by atoms with Gasteiger partial charge in [0.05, 0.1) is 5.56 Å². The van der Waals surface area contributed by atoms with Crippen LogP contribution in [0.2, 0.25) is 0 Å². The summed E-state index contributed by atoms with van der Waals surface area (Å²) in [5, 5.41) is 2.85. The maximum Gasteiger partial charge on any atom is 0.256 e. The van der Waals surface area contributed by atoms with Crippen LogP contribution in [0.5, 0.6) is 0 Å². The van der Waals surface area contributed by atoms with Gasteiger partial charge in [-0.15, -0.1) is 0 Å². The van der Waals surface area contributed by atoms with Crippen molar-refractivity contribution in [2.75, 3.05) is 5.32 Å². The maximum atomic E-state index is 12.1. The van der Waals surface area contributed by atoms with Crippen LogP contribution in [0.1, 0.15) is 10.4 Å². The lowest BCUT2D eigenvalue weighted by atomic mass is 10.2. The molecule has 2 aromatic rings. The van der Waals surface area contributed by atoms with E-state index >= 15 is 0 Å². The molecule has 1 N–H and O–H groups in total. The van der Waals surface area contributed by atoms with E-state index in [2.05, 4.69) is 53.1 Å². The summed E-state index contributed by atoms with van der Waals surface area (Å²) in [5.74, 6) is -0.142. The minimum absolute atomic E-state index is 0.142. The molecule has 0 saturated carbocycles. The average Bonchev–Trinajstić information content (AvgIpc) is 2.34. The van der Waals surface area contributed by atoms with Crippen LogP contribution in [0.15, 0.2) is 55.9 Å². The predicted molar refractivity (Wildman–Crippen MR) is 83.9 cm³/mol. The number of carbonyl (C=O) groups excluding carboxylic acids is 1. The number of rotatable bonds is 2. The second-order valence-corrected chi connectivity index (χ2v) is 6.13. The Balaban J connectivity index is 2.22. The normalized spacial score (nSPS) is 10.2. The van der Waals surface area contributed by atoms with Gasteiger partial charge in [-0.3, -0.25) is 4.79 Å². The fourth-order valence-electron chi connectivity index (χ4n) is 1.42. The summed E-state index contributed by atoms with van der Waals surface area (Å²) in [7, 11) is 0. The molecule has 0 heterocycles. The molecule has 0 atom stereocenters. The van der Waals surface area contributed by atoms with Crippen LogP contribution in [-0.2, 0) is 0 Å². The van der Waals surface area contributed by atoms with Crippen LogP contribution < -0.4 is 5.32 Å². The van der Waals surface area contributed by atoms with E-state index < -0.39 is 0 Å². The fraction of sp³-hybridized carbons (Fsp3) is 0. The van der Waals surface area contributed by atoms with Crippen molar-refractivity contribution < 1.29 is 4.79 Å². The maximum absolute atomic E-state index is 12.1. The van der Waals surface area contributed by atoms with Gasteiger partial charge in [0, 0.05) is 19.1 Å². The molecule has 0 aliphatic rings. The molecule has 2 rings (SSSR count). The first-order chi connectivity index (χ1) is 8.58. The molecule has 0 aliphatic heterocycles. The molecule has 0 saturated heterocycles. The molecule has 0 aliphatic carbocycles. The molecule has 0 spiro atoms. The second-order valence-electron chi connectivity index (χ2n) is 3.56. The third-order valence-corrected chi connectivity index (χ3v) is 4.87. The third-order valence-electron chi connectivity index (χ3n) is 2.30. The summed E-state index contributed by atoms with van der Waals surface area (Å²) < 4.78 is 2.62. The molecule has 1 amide bonds. The first-order valence-corrected chi connectivity index (χ1v) is 7.47. The number of hydrogen-bond donors (Lipinski definition) is 1. The monoisotopic (exact) mass is 431 g/mol. The van der Waals surface area contributed by atoms with Gasteiger partial charge in [0.15, 0.2) is 0 Å². The Labute approximate surface area is 130 Å². The van der Waals surface area contributed by atoms with E-state index in [0.29, 0.717) is 5.56 Å². The summed E-state index contributed by atoms with van der Waals surface area (Å²) in [4.78, 5) is 12.1. The summed E-state index contributed by atoms with van der Waals surface area (Å²) in [6.45, 7) is 0. The van der Waals surface area contributed by atoms with Crippen molar-refractivity contribution in [3.05, 3.63) is 61.4 Å². The van der Waals surface area contributed by atoms with Crippen LogP contribution in [-0.4, -0.2) is 5.91 Å². The van der Waals surface area contributed by atoms with Gasteiger partial charge in [-0.05, 0) is 78.1 Å². The Morgan fingerprint density at radius 3 is 2.28 bits per heavy atom. The highest BCUT2D eigenvalue weighted by atomic mass is 79.9. The van der Waals surface area contributed by atoms with Gasteiger partial charge in [-0.25, -0.2) is 0 Å². The molecule has 0 bridgehead atoms. The first kappa shape index (κ1) is 13.8. The van der Waals surface area contributed by atoms with Crippen molar-refractivity contribution in [1.29, 1.82) is 0 Å². The number of hydrogen-bond acceptors (Lipinski definition) is 1. The Bertz CT molecular complexity index is 599. The number of carbonyl (C=O) groups is 1. The second kappa shape index (κ2) is 5.99. The molecule has 0 fully saturated rings. The van der Waals surface area contributed by atoms with Crippen LogP contribution in [0.4, 0.5) is 5.69 Å². The SMILES string of the molecule is O=C(Nc1ccc(Br)c(Br)c1)c1ccccc1Br. The van der Waals surface area contributed by atoms with E-state index in [4.69, 9.17) is 0 Å². The zero-order valence-electron chi connectivity index (χ0n) is 9.08. The molecule has 0 aromatic heterocycles. The number of halogens is 3. The van der Waals surface area contributed by atoms with Gasteiger partial charge in [-0.2, -0.15) is 0 Å². The molecule has 5 heteroatoms. The van der Waals surface area contributed by atoms with Crippen molar-refractivity contribution in [2.24, 2.45) is 0 Å². The average molecular weight is 434 g/mol. The number of anilines is 1. The van der Waals surface area contributed by atoms with Gasteiger partial charge in [0.1, 0.15) is 0 Å². The highest BCUT2D eigenvalue weighted by molar-refractivity contribution is 9.13. The lowest BCUT2D eigenvalue weighted by Gasteiger charge is -2.07. The smallest absolute Gasteiger partial charge is 0.256 e. The third kappa shape index (κ3) is 3.22. The summed E-state index contributed by atoms with van der Waals surface area (Å²) >= 11 is 10.1. The van der Waals surface area contributed by atoms with Crippen LogP contribution >= 0.6 is 47.8 Å².